The Morgan fingerprint density at radius 1 is 0.579 bits per heavy atom. The summed E-state index contributed by atoms with van der Waals surface area (Å²) in [6, 6.07) is 0. The lowest BCUT2D eigenvalue weighted by molar-refractivity contribution is -0.153. The Balaban J connectivity index is 3.34. The van der Waals surface area contributed by atoms with Gasteiger partial charge in [0.05, 0.1) is 18.9 Å². The van der Waals surface area contributed by atoms with Crippen LogP contribution in [0, 0.1) is 5.92 Å². The number of ether oxygens (including phenoxy) is 1. The number of carboxylic acid groups (broad SMARTS) is 1. The molecule has 1 unspecified atom stereocenters. The van der Waals surface area contributed by atoms with Gasteiger partial charge in [-0.1, -0.05) is 148 Å². The van der Waals surface area contributed by atoms with Gasteiger partial charge in [0.15, 0.2) is 0 Å². The molecule has 0 bridgehead atoms. The molecule has 0 radical (unpaired) electrons. The van der Waals surface area contributed by atoms with Gasteiger partial charge in [0, 0.05) is 0 Å². The molecular weight excluding hydrogens is 472 g/mol. The van der Waals surface area contributed by atoms with Crippen molar-refractivity contribution in [3.8, 4) is 0 Å². The molecule has 0 aliphatic heterocycles. The summed E-state index contributed by atoms with van der Waals surface area (Å²) < 4.78 is 5.16. The lowest BCUT2D eigenvalue weighted by Gasteiger charge is -2.13. The lowest BCUT2D eigenvalue weighted by Crippen LogP contribution is -2.21. The SMILES string of the molecule is CCCCCC/C=C/CCCCCCCCCCCCCCCCCCCC(CC(=O)O)C(=O)OCCC. The van der Waals surface area contributed by atoms with E-state index < -0.39 is 11.9 Å². The molecule has 4 nitrogen and oxygen atoms in total. The van der Waals surface area contributed by atoms with Crippen molar-refractivity contribution in [1.82, 2.24) is 0 Å². The highest BCUT2D eigenvalue weighted by molar-refractivity contribution is 5.79. The van der Waals surface area contributed by atoms with Crippen LogP contribution >= 0.6 is 0 Å². The van der Waals surface area contributed by atoms with Crippen LogP contribution in [0.25, 0.3) is 0 Å². The standard InChI is InChI=1S/C34H64O4/c1-3-5-6-7-8-9-10-11-12-13-14-15-16-17-18-19-20-21-22-23-24-25-26-27-28-29-32(31-33(35)36)34(37)38-30-4-2/h9-10,32H,3-8,11-31H2,1-2H3,(H,35,36)/b10-9+. The predicted octanol–water partition coefficient (Wildman–Crippen LogP) is 11.0. The van der Waals surface area contributed by atoms with E-state index in [9.17, 15) is 9.59 Å². The Morgan fingerprint density at radius 3 is 1.37 bits per heavy atom. The average Bonchev–Trinajstić information content (AvgIpc) is 2.90. The third kappa shape index (κ3) is 27.7. The quantitative estimate of drug-likeness (QED) is 0.0563. The van der Waals surface area contributed by atoms with Crippen LogP contribution in [0.1, 0.15) is 181 Å². The fourth-order valence-corrected chi connectivity index (χ4v) is 5.06. The van der Waals surface area contributed by atoms with E-state index in [1.54, 1.807) is 0 Å². The summed E-state index contributed by atoms with van der Waals surface area (Å²) in [5.74, 6) is -1.74. The van der Waals surface area contributed by atoms with E-state index in [0.717, 1.165) is 19.3 Å². The van der Waals surface area contributed by atoms with Gasteiger partial charge in [-0.2, -0.15) is 0 Å². The number of hydrogen-bond donors (Lipinski definition) is 1. The number of esters is 1. The van der Waals surface area contributed by atoms with Crippen LogP contribution in [0.4, 0.5) is 0 Å². The van der Waals surface area contributed by atoms with Gasteiger partial charge >= 0.3 is 11.9 Å². The maximum absolute atomic E-state index is 12.0. The average molecular weight is 537 g/mol. The van der Waals surface area contributed by atoms with Crippen molar-refractivity contribution in [3.05, 3.63) is 12.2 Å². The van der Waals surface area contributed by atoms with E-state index in [2.05, 4.69) is 19.1 Å². The third-order valence-electron chi connectivity index (χ3n) is 7.52. The Morgan fingerprint density at radius 2 is 0.974 bits per heavy atom. The largest absolute Gasteiger partial charge is 0.481 e. The van der Waals surface area contributed by atoms with E-state index in [-0.39, 0.29) is 12.4 Å². The zero-order valence-corrected chi connectivity index (χ0v) is 25.5. The molecule has 0 aromatic heterocycles. The molecule has 0 saturated heterocycles. The van der Waals surface area contributed by atoms with Crippen molar-refractivity contribution < 1.29 is 19.4 Å². The fourth-order valence-electron chi connectivity index (χ4n) is 5.06. The molecule has 1 atom stereocenters. The number of rotatable bonds is 30. The number of carboxylic acids is 1. The number of unbranched alkanes of at least 4 members (excludes halogenated alkanes) is 21. The Kier molecular flexibility index (Phi) is 29.2. The second kappa shape index (κ2) is 30.2. The number of allylic oxidation sites excluding steroid dienone is 2. The van der Waals surface area contributed by atoms with Crippen molar-refractivity contribution in [2.45, 2.75) is 181 Å². The molecule has 0 spiro atoms. The summed E-state index contributed by atoms with van der Waals surface area (Å²) in [6.45, 7) is 4.60. The molecule has 0 amide bonds. The maximum Gasteiger partial charge on any atom is 0.309 e. The minimum atomic E-state index is -0.916. The summed E-state index contributed by atoms with van der Waals surface area (Å²) in [6.07, 6.45) is 36.6. The van der Waals surface area contributed by atoms with Crippen LogP contribution in [0.5, 0.6) is 0 Å². The molecular formula is C34H64O4. The lowest BCUT2D eigenvalue weighted by atomic mass is 9.97. The Hall–Kier alpha value is -1.32. The van der Waals surface area contributed by atoms with Crippen molar-refractivity contribution >= 4 is 11.9 Å². The van der Waals surface area contributed by atoms with Gasteiger partial charge in [0.1, 0.15) is 0 Å². The van der Waals surface area contributed by atoms with E-state index in [1.165, 1.54) is 135 Å². The van der Waals surface area contributed by atoms with Crippen LogP contribution in [-0.2, 0) is 14.3 Å². The maximum atomic E-state index is 12.0. The molecule has 0 fully saturated rings. The first-order chi connectivity index (χ1) is 18.6. The number of carbonyl (C=O) groups excluding carboxylic acids is 1. The van der Waals surface area contributed by atoms with E-state index >= 15 is 0 Å². The molecule has 224 valence electrons. The highest BCUT2D eigenvalue weighted by Crippen LogP contribution is 2.18. The first kappa shape index (κ1) is 36.7. The van der Waals surface area contributed by atoms with Crippen LogP contribution < -0.4 is 0 Å². The molecule has 4 heteroatoms. The van der Waals surface area contributed by atoms with Crippen LogP contribution in [0.2, 0.25) is 0 Å². The predicted molar refractivity (Wildman–Crippen MR) is 163 cm³/mol. The molecule has 1 N–H and O–H groups in total. The van der Waals surface area contributed by atoms with Crippen molar-refractivity contribution in [1.29, 1.82) is 0 Å². The van der Waals surface area contributed by atoms with Crippen LogP contribution in [0.3, 0.4) is 0 Å². The van der Waals surface area contributed by atoms with Crippen LogP contribution in [0.15, 0.2) is 12.2 Å². The highest BCUT2D eigenvalue weighted by Gasteiger charge is 2.22. The first-order valence-electron chi connectivity index (χ1n) is 16.6. The van der Waals surface area contributed by atoms with Gasteiger partial charge in [-0.05, 0) is 38.5 Å². The zero-order valence-electron chi connectivity index (χ0n) is 25.5. The van der Waals surface area contributed by atoms with Gasteiger partial charge in [-0.3, -0.25) is 9.59 Å². The molecule has 0 aromatic carbocycles. The Labute approximate surface area is 236 Å². The van der Waals surface area contributed by atoms with Crippen molar-refractivity contribution in [3.63, 3.8) is 0 Å². The second-order valence-electron chi connectivity index (χ2n) is 11.4. The molecule has 0 saturated carbocycles. The van der Waals surface area contributed by atoms with Gasteiger partial charge in [0.25, 0.3) is 0 Å². The summed E-state index contributed by atoms with van der Waals surface area (Å²) in [5, 5.41) is 9.04. The number of aliphatic carboxylic acids is 1. The van der Waals surface area contributed by atoms with E-state index in [0.29, 0.717) is 13.0 Å². The minimum absolute atomic E-state index is 0.111. The Bertz CT molecular complexity index is 543. The smallest absolute Gasteiger partial charge is 0.309 e. The summed E-state index contributed by atoms with van der Waals surface area (Å²) in [7, 11) is 0. The monoisotopic (exact) mass is 536 g/mol. The van der Waals surface area contributed by atoms with E-state index in [1.807, 2.05) is 6.92 Å². The number of hydrogen-bond acceptors (Lipinski definition) is 3. The summed E-state index contributed by atoms with van der Waals surface area (Å²) >= 11 is 0. The van der Waals surface area contributed by atoms with Crippen molar-refractivity contribution in [2.24, 2.45) is 5.92 Å². The third-order valence-corrected chi connectivity index (χ3v) is 7.52. The zero-order chi connectivity index (χ0) is 27.9. The molecule has 0 aliphatic rings. The van der Waals surface area contributed by atoms with Gasteiger partial charge in [-0.25, -0.2) is 0 Å². The van der Waals surface area contributed by atoms with Gasteiger partial charge < -0.3 is 9.84 Å². The normalized spacial score (nSPS) is 12.3. The molecule has 0 aromatic rings. The molecule has 38 heavy (non-hydrogen) atoms. The van der Waals surface area contributed by atoms with Crippen LogP contribution in [-0.4, -0.2) is 23.7 Å². The molecule has 0 rings (SSSR count). The highest BCUT2D eigenvalue weighted by atomic mass is 16.5. The first-order valence-corrected chi connectivity index (χ1v) is 16.6. The molecule has 0 heterocycles. The van der Waals surface area contributed by atoms with Crippen molar-refractivity contribution in [2.75, 3.05) is 6.61 Å². The topological polar surface area (TPSA) is 63.6 Å². The van der Waals surface area contributed by atoms with E-state index in [4.69, 9.17) is 9.84 Å². The summed E-state index contributed by atoms with van der Waals surface area (Å²) in [4.78, 5) is 23.0. The molecule has 0 aliphatic carbocycles. The van der Waals surface area contributed by atoms with Gasteiger partial charge in [-0.15, -0.1) is 0 Å². The fraction of sp³-hybridized carbons (Fsp3) is 0.882. The number of carbonyl (C=O) groups is 2. The van der Waals surface area contributed by atoms with Gasteiger partial charge in [0.2, 0.25) is 0 Å². The minimum Gasteiger partial charge on any atom is -0.481 e. The summed E-state index contributed by atoms with van der Waals surface area (Å²) in [5.41, 5.74) is 0. The second-order valence-corrected chi connectivity index (χ2v) is 11.4.